The molecule has 1 fully saturated rings. The summed E-state index contributed by atoms with van der Waals surface area (Å²) >= 11 is 0. The van der Waals surface area contributed by atoms with Crippen molar-refractivity contribution in [3.8, 4) is 5.75 Å². The van der Waals surface area contributed by atoms with Crippen molar-refractivity contribution in [2.75, 3.05) is 11.9 Å². The van der Waals surface area contributed by atoms with Gasteiger partial charge in [-0.1, -0.05) is 0 Å². The molecule has 6 N–H and O–H groups in total. The fourth-order valence-corrected chi connectivity index (χ4v) is 7.80. The Morgan fingerprint density at radius 3 is 2.55 bits per heavy atom. The Kier molecular flexibility index (Phi) is 8.58. The number of phosphoric acid groups is 3. The minimum atomic E-state index is -5.87. The Morgan fingerprint density at radius 2 is 1.82 bits per heavy atom. The van der Waals surface area contributed by atoms with Crippen molar-refractivity contribution in [3.63, 3.8) is 0 Å². The summed E-state index contributed by atoms with van der Waals surface area (Å²) in [5.74, 6) is -0.0193. The molecule has 2 aromatic heterocycles. The third-order valence-corrected chi connectivity index (χ3v) is 10.2. The second kappa shape index (κ2) is 11.7. The van der Waals surface area contributed by atoms with Crippen LogP contribution in [0, 0.1) is 0 Å². The minimum Gasteiger partial charge on any atom is -0.423 e. The number of rotatable bonds is 10. The molecule has 0 saturated carbocycles. The number of nitrogens with one attached hydrogen (secondary N) is 1. The van der Waals surface area contributed by atoms with E-state index in [2.05, 4.69) is 32.9 Å². The maximum absolute atomic E-state index is 13.2. The van der Waals surface area contributed by atoms with Crippen LogP contribution in [0.1, 0.15) is 30.3 Å². The maximum Gasteiger partial charge on any atom is 0.536 e. The average Bonchev–Trinajstić information content (AvgIpc) is 3.51. The third-order valence-electron chi connectivity index (χ3n) is 5.99. The molecule has 2 aliphatic rings. The van der Waals surface area contributed by atoms with Gasteiger partial charge in [0.05, 0.1) is 31.1 Å². The number of alkyl halides is 3. The van der Waals surface area contributed by atoms with E-state index in [4.69, 9.17) is 15.0 Å². The lowest BCUT2D eigenvalue weighted by molar-refractivity contribution is -0.136. The summed E-state index contributed by atoms with van der Waals surface area (Å²) in [4.78, 5) is 49.4. The first-order chi connectivity index (χ1) is 20.4. The Morgan fingerprint density at radius 1 is 1.09 bits per heavy atom. The van der Waals surface area contributed by atoms with Crippen LogP contribution in [0.25, 0.3) is 11.0 Å². The molecule has 0 amide bonds. The number of anilines is 1. The molecule has 3 aromatic rings. The van der Waals surface area contributed by atoms with E-state index in [1.165, 1.54) is 6.33 Å². The lowest BCUT2D eigenvalue weighted by atomic mass is 10.1. The monoisotopic (exact) mass is 689 g/mol. The first kappa shape index (κ1) is 32.3. The van der Waals surface area contributed by atoms with Crippen molar-refractivity contribution in [1.29, 1.82) is 0 Å². The third kappa shape index (κ3) is 7.58. The van der Waals surface area contributed by atoms with Gasteiger partial charge in [0.1, 0.15) is 29.1 Å². The van der Waals surface area contributed by atoms with Crippen LogP contribution in [-0.4, -0.2) is 42.9 Å². The van der Waals surface area contributed by atoms with Crippen molar-refractivity contribution >= 4 is 46.2 Å². The number of halogens is 3. The van der Waals surface area contributed by atoms with Crippen LogP contribution in [-0.2, 0) is 44.3 Å². The number of nitrogens with zero attached hydrogens (tertiary/aromatic N) is 3. The molecule has 18 nitrogen and oxygen atoms in total. The Labute approximate surface area is 243 Å². The normalized spacial score (nSPS) is 22.7. The molecular formula is C20H21F3N5O13P3. The van der Waals surface area contributed by atoms with Gasteiger partial charge in [-0.15, -0.1) is 0 Å². The van der Waals surface area contributed by atoms with Gasteiger partial charge >= 0.3 is 35.3 Å². The molecule has 0 radical (unpaired) electrons. The van der Waals surface area contributed by atoms with Crippen molar-refractivity contribution in [2.24, 2.45) is 10.7 Å². The largest absolute Gasteiger partial charge is 0.536 e. The number of benzene rings is 1. The zero-order valence-corrected chi connectivity index (χ0v) is 24.4. The van der Waals surface area contributed by atoms with Gasteiger partial charge in [0.2, 0.25) is 0 Å². The zero-order chi connectivity index (χ0) is 32.1. The van der Waals surface area contributed by atoms with Crippen molar-refractivity contribution in [3.05, 3.63) is 52.3 Å². The van der Waals surface area contributed by atoms with Crippen LogP contribution >= 0.6 is 23.5 Å². The van der Waals surface area contributed by atoms with E-state index in [0.717, 1.165) is 12.1 Å². The highest BCUT2D eigenvalue weighted by atomic mass is 31.3. The van der Waals surface area contributed by atoms with Crippen LogP contribution in [0.5, 0.6) is 5.75 Å². The molecule has 2 aliphatic heterocycles. The summed E-state index contributed by atoms with van der Waals surface area (Å²) in [6.45, 7) is -0.364. The molecule has 5 atom stereocenters. The van der Waals surface area contributed by atoms with Gasteiger partial charge in [0.25, 0.3) is 0 Å². The number of phosphoric ester groups is 2. The van der Waals surface area contributed by atoms with Gasteiger partial charge in [-0.2, -0.15) is 21.8 Å². The predicted octanol–water partition coefficient (Wildman–Crippen LogP) is 3.36. The van der Waals surface area contributed by atoms with E-state index < -0.39 is 76.5 Å². The number of fused-ring (bicyclic) bond motifs is 2. The predicted molar refractivity (Wildman–Crippen MR) is 140 cm³/mol. The van der Waals surface area contributed by atoms with Gasteiger partial charge in [-0.05, 0) is 25.0 Å². The molecule has 1 saturated heterocycles. The summed E-state index contributed by atoms with van der Waals surface area (Å²) in [6, 6.07) is 2.28. The average molecular weight is 689 g/mol. The highest BCUT2D eigenvalue weighted by Gasteiger charge is 2.44. The topological polar surface area (TPSA) is 256 Å². The van der Waals surface area contributed by atoms with Crippen LogP contribution in [0.3, 0.4) is 0 Å². The summed E-state index contributed by atoms with van der Waals surface area (Å²) in [6.07, 6.45) is -4.11. The first-order valence-corrected chi connectivity index (χ1v) is 16.6. The number of nitrogens with two attached hydrogens (primary N) is 1. The summed E-state index contributed by atoms with van der Waals surface area (Å²) in [7, 11) is -17.0. The standard InChI is InChI=1S/C20H21F3N5O13P3/c21-20(22,23)13-6-17(29)38-15-5-10(1-3-12(13)15)39-43(32,33)41-44(34,35)40-42(30,31)36-8-11-2-4-16(37-11)28-9-26-14-7-25-19(24)27-18(14)28/h1,3,5-6,9,11,16H,2,4,7-8H2,(H,30,31)(H,32,33)(H,34,35)(H3,24,25,27)/t11-,16+/m0/s1. The van der Waals surface area contributed by atoms with Crippen molar-refractivity contribution in [2.45, 2.75) is 37.9 Å². The molecule has 3 unspecified atom stereocenters. The summed E-state index contributed by atoms with van der Waals surface area (Å²) in [5.41, 5.74) is 2.84. The van der Waals surface area contributed by atoms with E-state index in [0.29, 0.717) is 30.4 Å². The van der Waals surface area contributed by atoms with E-state index in [9.17, 15) is 46.3 Å². The van der Waals surface area contributed by atoms with Crippen LogP contribution < -0.4 is 21.2 Å². The van der Waals surface area contributed by atoms with Gasteiger partial charge < -0.3 is 34.5 Å². The molecule has 24 heteroatoms. The Balaban J connectivity index is 1.17. The number of hydrogen-bond acceptors (Lipinski definition) is 14. The zero-order valence-electron chi connectivity index (χ0n) is 21.7. The number of ether oxygens (including phenoxy) is 1. The second-order valence-corrected chi connectivity index (χ2v) is 13.7. The molecule has 44 heavy (non-hydrogen) atoms. The van der Waals surface area contributed by atoms with Crippen molar-refractivity contribution < 1.29 is 68.4 Å². The number of imidazole rings is 1. The molecule has 5 rings (SSSR count). The molecular weight excluding hydrogens is 668 g/mol. The second-order valence-electron chi connectivity index (χ2n) is 9.15. The minimum absolute atomic E-state index is 0.175. The lowest BCUT2D eigenvalue weighted by Gasteiger charge is -2.21. The van der Waals surface area contributed by atoms with Gasteiger partial charge in [0.15, 0.2) is 5.96 Å². The SMILES string of the molecule is NC1=NCc2ncn([C@H]3CC[C@@H](COP(=O)(O)OP(=O)(O)OP(=O)(O)Oc4ccc5c(C(F)(F)F)cc(=O)oc5c4)O3)c2N1. The highest BCUT2D eigenvalue weighted by molar-refractivity contribution is 7.67. The Bertz CT molecular complexity index is 1830. The first-order valence-electron chi connectivity index (χ1n) is 12.1. The molecule has 0 aliphatic carbocycles. The van der Waals surface area contributed by atoms with E-state index in [1.807, 2.05) is 0 Å². The Hall–Kier alpha value is -3.09. The number of guanidine groups is 1. The molecule has 0 spiro atoms. The molecule has 0 bridgehead atoms. The van der Waals surface area contributed by atoms with Gasteiger partial charge in [0, 0.05) is 17.5 Å². The summed E-state index contributed by atoms with van der Waals surface area (Å²) < 4.78 is 106. The van der Waals surface area contributed by atoms with Gasteiger partial charge in [-0.25, -0.2) is 28.5 Å². The lowest BCUT2D eigenvalue weighted by Crippen LogP contribution is -2.28. The number of hydrogen-bond donors (Lipinski definition) is 5. The van der Waals surface area contributed by atoms with E-state index in [1.54, 1.807) is 4.57 Å². The maximum atomic E-state index is 13.2. The molecule has 240 valence electrons. The highest BCUT2D eigenvalue weighted by Crippen LogP contribution is 2.67. The number of aromatic nitrogens is 2. The fourth-order valence-electron chi connectivity index (χ4n) is 4.27. The smallest absolute Gasteiger partial charge is 0.423 e. The van der Waals surface area contributed by atoms with Crippen LogP contribution in [0.15, 0.2) is 44.8 Å². The molecule has 4 heterocycles. The quantitative estimate of drug-likeness (QED) is 0.151. The van der Waals surface area contributed by atoms with Gasteiger partial charge in [-0.3, -0.25) is 14.0 Å². The van der Waals surface area contributed by atoms with Crippen molar-refractivity contribution in [1.82, 2.24) is 9.55 Å². The summed E-state index contributed by atoms with van der Waals surface area (Å²) in [5, 5.41) is 2.26. The van der Waals surface area contributed by atoms with E-state index in [-0.39, 0.29) is 18.6 Å². The van der Waals surface area contributed by atoms with Crippen LogP contribution in [0.2, 0.25) is 0 Å². The fraction of sp³-hybridized carbons (Fsp3) is 0.350. The molecule has 1 aromatic carbocycles. The van der Waals surface area contributed by atoms with E-state index >= 15 is 0 Å². The number of aliphatic imine (C=N–C) groups is 1. The van der Waals surface area contributed by atoms with Crippen LogP contribution in [0.4, 0.5) is 19.0 Å².